The van der Waals surface area contributed by atoms with Gasteiger partial charge in [0.05, 0.1) is 0 Å². The van der Waals surface area contributed by atoms with E-state index in [-0.39, 0.29) is 5.78 Å². The molecule has 0 aliphatic carbocycles. The fourth-order valence-corrected chi connectivity index (χ4v) is 6.58. The third-order valence-electron chi connectivity index (χ3n) is 8.51. The van der Waals surface area contributed by atoms with E-state index >= 15 is 0 Å². The van der Waals surface area contributed by atoms with Crippen LogP contribution in [0.15, 0.2) is 140 Å². The van der Waals surface area contributed by atoms with Crippen molar-refractivity contribution in [2.45, 2.75) is 6.92 Å². The molecule has 0 N–H and O–H groups in total. The summed E-state index contributed by atoms with van der Waals surface area (Å²) < 4.78 is 0. The van der Waals surface area contributed by atoms with Gasteiger partial charge in [-0.1, -0.05) is 127 Å². The summed E-state index contributed by atoms with van der Waals surface area (Å²) in [6.07, 6.45) is 0. The van der Waals surface area contributed by atoms with Gasteiger partial charge < -0.3 is 0 Å². The standard InChI is InChI=1S/C40H26O/c1-25-22-36-33-15-7-9-17-35(33)39(40(41)31-21-19-27-11-3-5-13-29(27)24-31)37(38(36)34-16-8-6-14-32(25)34)30-20-18-26-10-2-4-12-28(26)23-30/h2-24H,1H3. The molecule has 0 unspecified atom stereocenters. The van der Waals surface area contributed by atoms with Gasteiger partial charge >= 0.3 is 0 Å². The molecule has 0 radical (unpaired) electrons. The van der Waals surface area contributed by atoms with E-state index in [1.807, 2.05) is 30.3 Å². The van der Waals surface area contributed by atoms with Crippen molar-refractivity contribution < 1.29 is 4.79 Å². The minimum Gasteiger partial charge on any atom is -0.289 e. The third kappa shape index (κ3) is 3.67. The molecule has 0 saturated carbocycles. The summed E-state index contributed by atoms with van der Waals surface area (Å²) in [7, 11) is 0. The molecule has 0 spiro atoms. The van der Waals surface area contributed by atoms with Crippen LogP contribution >= 0.6 is 0 Å². The first-order valence-corrected chi connectivity index (χ1v) is 14.1. The van der Waals surface area contributed by atoms with Gasteiger partial charge in [-0.2, -0.15) is 0 Å². The van der Waals surface area contributed by atoms with Crippen molar-refractivity contribution in [1.29, 1.82) is 0 Å². The Labute approximate surface area is 238 Å². The van der Waals surface area contributed by atoms with Gasteiger partial charge in [0.25, 0.3) is 0 Å². The lowest BCUT2D eigenvalue weighted by Crippen LogP contribution is -2.06. The number of hydrogen-bond acceptors (Lipinski definition) is 1. The fraction of sp³-hybridized carbons (Fsp3) is 0.0250. The van der Waals surface area contributed by atoms with Gasteiger partial charge in [-0.25, -0.2) is 0 Å². The Hall–Kier alpha value is -5.27. The summed E-state index contributed by atoms with van der Waals surface area (Å²) >= 11 is 0. The van der Waals surface area contributed by atoms with Crippen LogP contribution in [0.25, 0.3) is 65.0 Å². The third-order valence-corrected chi connectivity index (χ3v) is 8.51. The Kier molecular flexibility index (Phi) is 5.27. The zero-order chi connectivity index (χ0) is 27.5. The van der Waals surface area contributed by atoms with E-state index in [4.69, 9.17) is 0 Å². The molecule has 0 aliphatic rings. The summed E-state index contributed by atoms with van der Waals surface area (Å²) in [4.78, 5) is 14.8. The predicted molar refractivity (Wildman–Crippen MR) is 174 cm³/mol. The van der Waals surface area contributed by atoms with Crippen molar-refractivity contribution in [2.75, 3.05) is 0 Å². The van der Waals surface area contributed by atoms with E-state index in [1.54, 1.807) is 0 Å². The summed E-state index contributed by atoms with van der Waals surface area (Å²) in [5, 5.41) is 11.3. The molecule has 8 aromatic carbocycles. The number of carbonyl (C=O) groups excluding carboxylic acids is 1. The van der Waals surface area contributed by atoms with Crippen LogP contribution in [0.5, 0.6) is 0 Å². The van der Waals surface area contributed by atoms with Gasteiger partial charge in [0.2, 0.25) is 0 Å². The van der Waals surface area contributed by atoms with Gasteiger partial charge in [-0.05, 0) is 84.0 Å². The van der Waals surface area contributed by atoms with Crippen molar-refractivity contribution in [2.24, 2.45) is 0 Å². The first kappa shape index (κ1) is 23.6. The number of hydrogen-bond donors (Lipinski definition) is 0. The summed E-state index contributed by atoms with van der Waals surface area (Å²) in [5.74, 6) is 0.0432. The molecule has 0 heterocycles. The van der Waals surface area contributed by atoms with Gasteiger partial charge in [0.15, 0.2) is 5.78 Å². The molecule has 0 aliphatic heterocycles. The van der Waals surface area contributed by atoms with Crippen molar-refractivity contribution >= 4 is 59.6 Å². The second kappa shape index (κ2) is 9.15. The van der Waals surface area contributed by atoms with Gasteiger partial charge in [-0.15, -0.1) is 0 Å². The van der Waals surface area contributed by atoms with Crippen LogP contribution in [0.2, 0.25) is 0 Å². The monoisotopic (exact) mass is 522 g/mol. The van der Waals surface area contributed by atoms with Gasteiger partial charge in [-0.3, -0.25) is 4.79 Å². The minimum atomic E-state index is 0.0432. The minimum absolute atomic E-state index is 0.0432. The highest BCUT2D eigenvalue weighted by Gasteiger charge is 2.24. The summed E-state index contributed by atoms with van der Waals surface area (Å²) in [5.41, 5.74) is 4.74. The highest BCUT2D eigenvalue weighted by molar-refractivity contribution is 6.32. The number of ketones is 1. The number of rotatable bonds is 3. The summed E-state index contributed by atoms with van der Waals surface area (Å²) in [6, 6.07) is 48.6. The van der Waals surface area contributed by atoms with E-state index in [0.717, 1.165) is 49.0 Å². The second-order valence-corrected chi connectivity index (χ2v) is 10.9. The average molecular weight is 523 g/mol. The normalized spacial score (nSPS) is 11.6. The lowest BCUT2D eigenvalue weighted by Gasteiger charge is -2.20. The quantitative estimate of drug-likeness (QED) is 0.167. The van der Waals surface area contributed by atoms with E-state index in [2.05, 4.69) is 116 Å². The van der Waals surface area contributed by atoms with Crippen molar-refractivity contribution in [3.05, 3.63) is 156 Å². The topological polar surface area (TPSA) is 17.1 Å². The first-order chi connectivity index (χ1) is 20.2. The Morgan fingerprint density at radius 2 is 1.02 bits per heavy atom. The van der Waals surface area contributed by atoms with Crippen LogP contribution < -0.4 is 0 Å². The molecule has 0 amide bonds. The predicted octanol–water partition coefficient (Wildman–Crippen LogP) is 10.7. The SMILES string of the molecule is Cc1cc2c3ccccc3c(C(=O)c3ccc4ccccc4c3)c(-c3ccc4ccccc4c3)c2c2ccccc12. The molecule has 1 heteroatoms. The number of fused-ring (bicyclic) bond motifs is 7. The lowest BCUT2D eigenvalue weighted by atomic mass is 9.82. The summed E-state index contributed by atoms with van der Waals surface area (Å²) in [6.45, 7) is 2.18. The molecule has 0 fully saturated rings. The van der Waals surface area contributed by atoms with Crippen LogP contribution in [-0.4, -0.2) is 5.78 Å². The Bertz CT molecular complexity index is 2340. The Balaban J connectivity index is 1.57. The van der Waals surface area contributed by atoms with Crippen LogP contribution in [0, 0.1) is 6.92 Å². The van der Waals surface area contributed by atoms with Crippen molar-refractivity contribution in [1.82, 2.24) is 0 Å². The van der Waals surface area contributed by atoms with Crippen LogP contribution in [-0.2, 0) is 0 Å². The van der Waals surface area contributed by atoms with Crippen LogP contribution in [0.4, 0.5) is 0 Å². The molecule has 0 aromatic heterocycles. The van der Waals surface area contributed by atoms with Crippen LogP contribution in [0.1, 0.15) is 21.5 Å². The van der Waals surface area contributed by atoms with Gasteiger partial charge in [0.1, 0.15) is 0 Å². The molecule has 8 rings (SSSR count). The van der Waals surface area contributed by atoms with E-state index in [0.29, 0.717) is 5.56 Å². The zero-order valence-corrected chi connectivity index (χ0v) is 22.7. The van der Waals surface area contributed by atoms with Crippen molar-refractivity contribution in [3.63, 3.8) is 0 Å². The molecular formula is C40H26O. The zero-order valence-electron chi connectivity index (χ0n) is 22.7. The first-order valence-electron chi connectivity index (χ1n) is 14.1. The maximum Gasteiger partial charge on any atom is 0.194 e. The molecule has 8 aromatic rings. The average Bonchev–Trinajstić information content (AvgIpc) is 3.03. The van der Waals surface area contributed by atoms with Gasteiger partial charge in [0, 0.05) is 16.7 Å². The molecule has 0 atom stereocenters. The fourth-order valence-electron chi connectivity index (χ4n) is 6.58. The number of benzene rings is 8. The highest BCUT2D eigenvalue weighted by Crippen LogP contribution is 2.44. The molecule has 192 valence electrons. The Morgan fingerprint density at radius 3 is 1.76 bits per heavy atom. The number of carbonyl (C=O) groups is 1. The second-order valence-electron chi connectivity index (χ2n) is 10.9. The largest absolute Gasteiger partial charge is 0.289 e. The van der Waals surface area contributed by atoms with Crippen LogP contribution in [0.3, 0.4) is 0 Å². The van der Waals surface area contributed by atoms with Crippen molar-refractivity contribution in [3.8, 4) is 11.1 Å². The van der Waals surface area contributed by atoms with E-state index in [9.17, 15) is 4.79 Å². The maximum atomic E-state index is 14.8. The lowest BCUT2D eigenvalue weighted by molar-refractivity contribution is 0.104. The maximum absolute atomic E-state index is 14.8. The molecule has 0 bridgehead atoms. The highest BCUT2D eigenvalue weighted by atomic mass is 16.1. The number of aryl methyl sites for hydroxylation is 1. The molecular weight excluding hydrogens is 496 g/mol. The molecule has 1 nitrogen and oxygen atoms in total. The molecule has 41 heavy (non-hydrogen) atoms. The molecule has 0 saturated heterocycles. The van der Waals surface area contributed by atoms with E-state index in [1.165, 1.54) is 27.1 Å². The smallest absolute Gasteiger partial charge is 0.194 e. The van der Waals surface area contributed by atoms with E-state index < -0.39 is 0 Å². The Morgan fingerprint density at radius 1 is 0.463 bits per heavy atom.